The van der Waals surface area contributed by atoms with Crippen LogP contribution in [-0.4, -0.2) is 55.0 Å². The van der Waals surface area contributed by atoms with Gasteiger partial charge in [-0.15, -0.1) is 35.3 Å². The van der Waals surface area contributed by atoms with Gasteiger partial charge in [0, 0.05) is 19.0 Å². The highest BCUT2D eigenvalue weighted by Gasteiger charge is 2.15. The molecule has 144 valence electrons. The summed E-state index contributed by atoms with van der Waals surface area (Å²) in [5, 5.41) is 6.60. The highest BCUT2D eigenvalue weighted by molar-refractivity contribution is 14.0. The second kappa shape index (κ2) is 11.5. The van der Waals surface area contributed by atoms with Crippen LogP contribution in [0.2, 0.25) is 0 Å². The van der Waals surface area contributed by atoms with Gasteiger partial charge in [-0.05, 0) is 33.5 Å². The van der Waals surface area contributed by atoms with E-state index < -0.39 is 0 Å². The molecule has 0 aliphatic heterocycles. The van der Waals surface area contributed by atoms with E-state index in [1.54, 1.807) is 11.3 Å². The van der Waals surface area contributed by atoms with E-state index >= 15 is 0 Å². The molecule has 1 unspecified atom stereocenters. The molecule has 1 heterocycles. The Labute approximate surface area is 178 Å². The summed E-state index contributed by atoms with van der Waals surface area (Å²) in [6, 6.07) is 10.8. The highest BCUT2D eigenvalue weighted by Crippen LogP contribution is 2.18. The first-order chi connectivity index (χ1) is 12.0. The molecule has 5 nitrogen and oxygen atoms in total. The molecule has 0 aliphatic rings. The second-order valence-corrected chi connectivity index (χ2v) is 7.36. The van der Waals surface area contributed by atoms with Crippen LogP contribution in [0.15, 0.2) is 40.7 Å². The van der Waals surface area contributed by atoms with Gasteiger partial charge < -0.3 is 15.1 Å². The normalized spacial score (nSPS) is 12.6. The van der Waals surface area contributed by atoms with Crippen LogP contribution in [0, 0.1) is 6.92 Å². The summed E-state index contributed by atoms with van der Waals surface area (Å²) in [6.07, 6.45) is 0. The predicted molar refractivity (Wildman–Crippen MR) is 123 cm³/mol. The van der Waals surface area contributed by atoms with Crippen LogP contribution in [0.4, 0.5) is 0 Å². The number of hydrogen-bond acceptors (Lipinski definition) is 4. The van der Waals surface area contributed by atoms with E-state index in [4.69, 9.17) is 4.99 Å². The first-order valence-electron chi connectivity index (χ1n) is 8.63. The molecular formula is C19H30IN5S. The maximum atomic E-state index is 4.88. The number of halogens is 1. The van der Waals surface area contributed by atoms with Crippen molar-refractivity contribution in [1.82, 2.24) is 20.1 Å². The smallest absolute Gasteiger partial charge is 0.194 e. The average molecular weight is 487 g/mol. The van der Waals surface area contributed by atoms with E-state index in [1.807, 2.05) is 13.0 Å². The first kappa shape index (κ1) is 22.9. The Hall–Kier alpha value is -1.19. The van der Waals surface area contributed by atoms with E-state index in [-0.39, 0.29) is 30.0 Å². The molecule has 1 aromatic heterocycles. The van der Waals surface area contributed by atoms with Crippen molar-refractivity contribution >= 4 is 41.3 Å². The number of guanidine groups is 1. The summed E-state index contributed by atoms with van der Waals surface area (Å²) in [6.45, 7) is 6.44. The van der Waals surface area contributed by atoms with Crippen LogP contribution in [-0.2, 0) is 6.54 Å². The molecule has 1 aromatic carbocycles. The summed E-state index contributed by atoms with van der Waals surface area (Å²) in [4.78, 5) is 13.8. The Morgan fingerprint density at radius 3 is 2.46 bits per heavy atom. The van der Waals surface area contributed by atoms with Crippen molar-refractivity contribution in [3.63, 3.8) is 0 Å². The van der Waals surface area contributed by atoms with Crippen molar-refractivity contribution in [2.24, 2.45) is 4.99 Å². The third-order valence-electron chi connectivity index (χ3n) is 3.98. The van der Waals surface area contributed by atoms with Crippen LogP contribution < -0.4 is 5.32 Å². The standard InChI is InChI=1S/C19H29N5S.HI/c1-6-20-19(24(5)13-17-14-25-15(2)22-17)21-12-18(23(3)4)16-10-8-7-9-11-16;/h7-11,14,18H,6,12-13H2,1-5H3,(H,20,21);1H. The fourth-order valence-corrected chi connectivity index (χ4v) is 3.29. The third-order valence-corrected chi connectivity index (χ3v) is 4.81. The van der Waals surface area contributed by atoms with Crippen molar-refractivity contribution in [2.45, 2.75) is 26.4 Å². The van der Waals surface area contributed by atoms with Crippen molar-refractivity contribution in [3.8, 4) is 0 Å². The van der Waals surface area contributed by atoms with E-state index in [1.165, 1.54) is 5.56 Å². The summed E-state index contributed by atoms with van der Waals surface area (Å²) < 4.78 is 0. The zero-order chi connectivity index (χ0) is 18.2. The van der Waals surface area contributed by atoms with Gasteiger partial charge in [0.1, 0.15) is 0 Å². The van der Waals surface area contributed by atoms with Crippen LogP contribution in [0.25, 0.3) is 0 Å². The Kier molecular flexibility index (Phi) is 10.1. The minimum Gasteiger partial charge on any atom is -0.357 e. The summed E-state index contributed by atoms with van der Waals surface area (Å²) in [7, 11) is 6.26. The molecule has 2 rings (SSSR count). The van der Waals surface area contributed by atoms with Crippen LogP contribution in [0.1, 0.15) is 29.2 Å². The van der Waals surface area contributed by atoms with Gasteiger partial charge in [-0.2, -0.15) is 0 Å². The summed E-state index contributed by atoms with van der Waals surface area (Å²) in [5.74, 6) is 0.913. The van der Waals surface area contributed by atoms with Crippen molar-refractivity contribution < 1.29 is 0 Å². The van der Waals surface area contributed by atoms with Gasteiger partial charge in [-0.1, -0.05) is 30.3 Å². The monoisotopic (exact) mass is 487 g/mol. The number of rotatable bonds is 7. The third kappa shape index (κ3) is 6.85. The lowest BCUT2D eigenvalue weighted by Gasteiger charge is -2.25. The topological polar surface area (TPSA) is 43.8 Å². The Bertz CT molecular complexity index is 672. The molecule has 0 aliphatic carbocycles. The van der Waals surface area contributed by atoms with Crippen LogP contribution >= 0.6 is 35.3 Å². The molecule has 0 saturated heterocycles. The number of thiazole rings is 1. The SMILES string of the molecule is CCNC(=NCC(c1ccccc1)N(C)C)N(C)Cc1csc(C)n1.I. The molecular weight excluding hydrogens is 457 g/mol. The zero-order valence-electron chi connectivity index (χ0n) is 16.3. The average Bonchev–Trinajstić information content (AvgIpc) is 2.99. The predicted octanol–water partition coefficient (Wildman–Crippen LogP) is 3.77. The molecule has 7 heteroatoms. The molecule has 0 radical (unpaired) electrons. The molecule has 0 spiro atoms. The minimum absolute atomic E-state index is 0. The Morgan fingerprint density at radius 2 is 1.92 bits per heavy atom. The van der Waals surface area contributed by atoms with Crippen molar-refractivity contribution in [1.29, 1.82) is 0 Å². The van der Waals surface area contributed by atoms with E-state index in [0.29, 0.717) is 6.54 Å². The van der Waals surface area contributed by atoms with Crippen molar-refractivity contribution in [3.05, 3.63) is 52.0 Å². The van der Waals surface area contributed by atoms with Crippen molar-refractivity contribution in [2.75, 3.05) is 34.2 Å². The van der Waals surface area contributed by atoms with Gasteiger partial charge >= 0.3 is 0 Å². The van der Waals surface area contributed by atoms with Gasteiger partial charge in [-0.3, -0.25) is 4.99 Å². The fraction of sp³-hybridized carbons (Fsp3) is 0.474. The molecule has 1 N–H and O–H groups in total. The minimum atomic E-state index is 0. The highest BCUT2D eigenvalue weighted by atomic mass is 127. The van der Waals surface area contributed by atoms with Gasteiger partial charge in [-0.25, -0.2) is 4.98 Å². The number of aromatic nitrogens is 1. The number of nitrogens with zero attached hydrogens (tertiary/aromatic N) is 4. The lowest BCUT2D eigenvalue weighted by molar-refractivity contribution is 0.305. The Morgan fingerprint density at radius 1 is 1.23 bits per heavy atom. The second-order valence-electron chi connectivity index (χ2n) is 6.30. The van der Waals surface area contributed by atoms with E-state index in [9.17, 15) is 0 Å². The number of aryl methyl sites for hydroxylation is 1. The van der Waals surface area contributed by atoms with Gasteiger partial charge in [0.05, 0.1) is 29.8 Å². The largest absolute Gasteiger partial charge is 0.357 e. The molecule has 0 amide bonds. The molecule has 0 saturated carbocycles. The summed E-state index contributed by atoms with van der Waals surface area (Å²) in [5.41, 5.74) is 2.37. The number of aliphatic imine (C=N–C) groups is 1. The number of likely N-dealkylation sites (N-methyl/N-ethyl adjacent to an activating group) is 1. The lowest BCUT2D eigenvalue weighted by atomic mass is 10.1. The summed E-state index contributed by atoms with van der Waals surface area (Å²) >= 11 is 1.69. The molecule has 2 aromatic rings. The molecule has 0 fully saturated rings. The van der Waals surface area contributed by atoms with Gasteiger partial charge in [0.15, 0.2) is 5.96 Å². The first-order valence-corrected chi connectivity index (χ1v) is 9.51. The Balaban J connectivity index is 0.00000338. The number of nitrogens with one attached hydrogen (secondary N) is 1. The molecule has 26 heavy (non-hydrogen) atoms. The number of benzene rings is 1. The lowest BCUT2D eigenvalue weighted by Crippen LogP contribution is -2.39. The number of hydrogen-bond donors (Lipinski definition) is 1. The molecule has 0 bridgehead atoms. The molecule has 1 atom stereocenters. The quantitative estimate of drug-likeness (QED) is 0.367. The van der Waals surface area contributed by atoms with E-state index in [2.05, 4.69) is 77.8 Å². The van der Waals surface area contributed by atoms with Gasteiger partial charge in [0.25, 0.3) is 0 Å². The van der Waals surface area contributed by atoms with Gasteiger partial charge in [0.2, 0.25) is 0 Å². The fourth-order valence-electron chi connectivity index (χ4n) is 2.68. The maximum Gasteiger partial charge on any atom is 0.194 e. The van der Waals surface area contributed by atoms with Crippen LogP contribution in [0.3, 0.4) is 0 Å². The van der Waals surface area contributed by atoms with Crippen LogP contribution in [0.5, 0.6) is 0 Å². The zero-order valence-corrected chi connectivity index (χ0v) is 19.4. The maximum absolute atomic E-state index is 4.88. The van der Waals surface area contributed by atoms with E-state index in [0.717, 1.165) is 29.8 Å².